The molecule has 2 heterocycles. The van der Waals surface area contributed by atoms with Crippen LogP contribution in [-0.2, 0) is 6.54 Å². The molecule has 1 aliphatic rings. The number of halogens is 2. The number of guanidine groups is 1. The number of piperazine rings is 1. The molecule has 27 heavy (non-hydrogen) atoms. The van der Waals surface area contributed by atoms with E-state index < -0.39 is 0 Å². The van der Waals surface area contributed by atoms with Gasteiger partial charge in [-0.05, 0) is 39.7 Å². The number of ether oxygens (including phenoxy) is 1. The first-order chi connectivity index (χ1) is 12.7. The van der Waals surface area contributed by atoms with Gasteiger partial charge in [-0.3, -0.25) is 4.99 Å². The molecule has 0 unspecified atom stereocenters. The number of hydrogen-bond donors (Lipinski definition) is 1. The van der Waals surface area contributed by atoms with Crippen molar-refractivity contribution in [3.05, 3.63) is 46.7 Å². The van der Waals surface area contributed by atoms with Crippen LogP contribution in [0.1, 0.15) is 5.56 Å². The highest BCUT2D eigenvalue weighted by Crippen LogP contribution is 2.25. The van der Waals surface area contributed by atoms with Crippen LogP contribution in [0.5, 0.6) is 5.75 Å². The second-order valence-corrected chi connectivity index (χ2v) is 6.75. The van der Waals surface area contributed by atoms with Crippen LogP contribution in [0, 0.1) is 0 Å². The molecule has 3 rings (SSSR count). The normalized spacial score (nSPS) is 14.6. The molecule has 1 aromatic heterocycles. The van der Waals surface area contributed by atoms with E-state index in [0.29, 0.717) is 6.54 Å². The number of rotatable bonds is 4. The van der Waals surface area contributed by atoms with Crippen LogP contribution in [0.3, 0.4) is 0 Å². The highest BCUT2D eigenvalue weighted by molar-refractivity contribution is 14.0. The van der Waals surface area contributed by atoms with Gasteiger partial charge in [0, 0.05) is 52.2 Å². The first-order valence-electron chi connectivity index (χ1n) is 8.51. The number of nitrogens with zero attached hydrogens (tertiary/aromatic N) is 5. The molecule has 0 amide bonds. The van der Waals surface area contributed by atoms with Crippen molar-refractivity contribution in [3.8, 4) is 5.75 Å². The summed E-state index contributed by atoms with van der Waals surface area (Å²) in [6, 6.07) is 7.91. The third-order valence-electron chi connectivity index (χ3n) is 4.29. The summed E-state index contributed by atoms with van der Waals surface area (Å²) in [5.41, 5.74) is 1.16. The number of anilines is 1. The van der Waals surface area contributed by atoms with Gasteiger partial charge >= 0.3 is 0 Å². The molecule has 0 spiro atoms. The second-order valence-electron chi connectivity index (χ2n) is 5.89. The Morgan fingerprint density at radius 1 is 1.22 bits per heavy atom. The van der Waals surface area contributed by atoms with E-state index in [2.05, 4.69) is 58.1 Å². The third-order valence-corrected chi connectivity index (χ3v) is 4.91. The number of hydrogen-bond acceptors (Lipinski definition) is 5. The summed E-state index contributed by atoms with van der Waals surface area (Å²) in [4.78, 5) is 17.5. The van der Waals surface area contributed by atoms with Crippen LogP contribution in [-0.4, -0.2) is 61.2 Å². The molecular weight excluding hydrogens is 523 g/mol. The molecule has 0 aliphatic carbocycles. The van der Waals surface area contributed by atoms with Crippen molar-refractivity contribution in [1.29, 1.82) is 0 Å². The van der Waals surface area contributed by atoms with Crippen LogP contribution in [0.25, 0.3) is 0 Å². The Kier molecular flexibility index (Phi) is 8.55. The van der Waals surface area contributed by atoms with Crippen LogP contribution < -0.4 is 15.0 Å². The lowest BCUT2D eigenvalue weighted by Crippen LogP contribution is -2.52. The maximum absolute atomic E-state index is 5.27. The fraction of sp³-hybridized carbons (Fsp3) is 0.389. The smallest absolute Gasteiger partial charge is 0.225 e. The second kappa shape index (κ2) is 10.6. The predicted molar refractivity (Wildman–Crippen MR) is 122 cm³/mol. The van der Waals surface area contributed by atoms with Crippen molar-refractivity contribution in [2.45, 2.75) is 6.54 Å². The molecule has 0 saturated carbocycles. The summed E-state index contributed by atoms with van der Waals surface area (Å²) in [7, 11) is 3.49. The molecule has 1 saturated heterocycles. The number of nitrogens with one attached hydrogen (secondary N) is 1. The van der Waals surface area contributed by atoms with Crippen LogP contribution >= 0.6 is 39.9 Å². The summed E-state index contributed by atoms with van der Waals surface area (Å²) in [5.74, 6) is 2.53. The minimum absolute atomic E-state index is 0. The van der Waals surface area contributed by atoms with Gasteiger partial charge in [0.2, 0.25) is 5.95 Å². The summed E-state index contributed by atoms with van der Waals surface area (Å²) >= 11 is 3.53. The lowest BCUT2D eigenvalue weighted by Gasteiger charge is -2.36. The average molecular weight is 547 g/mol. The van der Waals surface area contributed by atoms with Crippen LogP contribution in [0.4, 0.5) is 5.95 Å². The maximum atomic E-state index is 5.27. The van der Waals surface area contributed by atoms with Gasteiger partial charge in [0.05, 0.1) is 11.6 Å². The Bertz CT molecular complexity index is 753. The standard InChI is InChI=1S/C18H23BrN6O.HI/c1-20-17(23-13-14-4-5-16(26-2)15(19)12-14)24-8-10-25(11-9-24)18-21-6-3-7-22-18;/h3-7,12H,8-11,13H2,1-2H3,(H,20,23);1H. The highest BCUT2D eigenvalue weighted by atomic mass is 127. The quantitative estimate of drug-likeness (QED) is 0.361. The Morgan fingerprint density at radius 2 is 1.93 bits per heavy atom. The zero-order chi connectivity index (χ0) is 18.4. The fourth-order valence-electron chi connectivity index (χ4n) is 2.91. The largest absolute Gasteiger partial charge is 0.496 e. The van der Waals surface area contributed by atoms with Gasteiger partial charge in [0.15, 0.2) is 5.96 Å². The molecular formula is C18H24BrIN6O. The summed E-state index contributed by atoms with van der Waals surface area (Å²) in [5, 5.41) is 3.44. The van der Waals surface area contributed by atoms with Crippen LogP contribution in [0.15, 0.2) is 46.1 Å². The van der Waals surface area contributed by atoms with Gasteiger partial charge < -0.3 is 19.9 Å². The van der Waals surface area contributed by atoms with Crippen molar-refractivity contribution in [2.75, 3.05) is 45.2 Å². The van der Waals surface area contributed by atoms with E-state index in [-0.39, 0.29) is 24.0 Å². The van der Waals surface area contributed by atoms with E-state index in [1.54, 1.807) is 19.5 Å². The highest BCUT2D eigenvalue weighted by Gasteiger charge is 2.21. The number of aromatic nitrogens is 2. The maximum Gasteiger partial charge on any atom is 0.225 e. The van der Waals surface area contributed by atoms with Gasteiger partial charge in [0.1, 0.15) is 5.75 Å². The van der Waals surface area contributed by atoms with E-state index in [1.165, 1.54) is 0 Å². The number of benzene rings is 1. The summed E-state index contributed by atoms with van der Waals surface area (Å²) in [6.45, 7) is 4.21. The lowest BCUT2D eigenvalue weighted by atomic mass is 10.2. The van der Waals surface area contributed by atoms with Crippen molar-refractivity contribution >= 4 is 51.8 Å². The summed E-state index contributed by atoms with van der Waals surface area (Å²) in [6.07, 6.45) is 3.56. The molecule has 146 valence electrons. The number of methoxy groups -OCH3 is 1. The first-order valence-corrected chi connectivity index (χ1v) is 9.30. The van der Waals surface area contributed by atoms with Crippen molar-refractivity contribution < 1.29 is 4.74 Å². The zero-order valence-electron chi connectivity index (χ0n) is 15.4. The van der Waals surface area contributed by atoms with Crippen molar-refractivity contribution in [3.63, 3.8) is 0 Å². The molecule has 0 bridgehead atoms. The van der Waals surface area contributed by atoms with E-state index in [0.717, 1.165) is 53.9 Å². The molecule has 1 aromatic carbocycles. The Hall–Kier alpha value is -1.62. The predicted octanol–water partition coefficient (Wildman–Crippen LogP) is 2.76. The fourth-order valence-corrected chi connectivity index (χ4v) is 3.49. The van der Waals surface area contributed by atoms with Crippen molar-refractivity contribution in [2.24, 2.45) is 4.99 Å². The lowest BCUT2D eigenvalue weighted by molar-refractivity contribution is 0.370. The average Bonchev–Trinajstić information content (AvgIpc) is 2.70. The Morgan fingerprint density at radius 3 is 2.52 bits per heavy atom. The topological polar surface area (TPSA) is 65.9 Å². The molecule has 7 nitrogen and oxygen atoms in total. The van der Waals surface area contributed by atoms with Gasteiger partial charge in [0.25, 0.3) is 0 Å². The SMILES string of the molecule is CN=C(NCc1ccc(OC)c(Br)c1)N1CCN(c2ncccn2)CC1.I. The van der Waals surface area contributed by atoms with Gasteiger partial charge in [-0.1, -0.05) is 6.07 Å². The molecule has 0 atom stereocenters. The van der Waals surface area contributed by atoms with Gasteiger partial charge in [-0.2, -0.15) is 0 Å². The van der Waals surface area contributed by atoms with E-state index >= 15 is 0 Å². The van der Waals surface area contributed by atoms with Crippen molar-refractivity contribution in [1.82, 2.24) is 20.2 Å². The number of aliphatic imine (C=N–C) groups is 1. The molecule has 9 heteroatoms. The van der Waals surface area contributed by atoms with Crippen LogP contribution in [0.2, 0.25) is 0 Å². The third kappa shape index (κ3) is 5.68. The Labute approximate surface area is 185 Å². The van der Waals surface area contributed by atoms with E-state index in [1.807, 2.05) is 19.2 Å². The molecule has 2 aromatic rings. The van der Waals surface area contributed by atoms with Gasteiger partial charge in [-0.25, -0.2) is 9.97 Å². The van der Waals surface area contributed by atoms with Gasteiger partial charge in [-0.15, -0.1) is 24.0 Å². The monoisotopic (exact) mass is 546 g/mol. The first kappa shape index (κ1) is 21.7. The zero-order valence-corrected chi connectivity index (χ0v) is 19.3. The van der Waals surface area contributed by atoms with E-state index in [9.17, 15) is 0 Å². The molecule has 1 fully saturated rings. The molecule has 1 N–H and O–H groups in total. The molecule has 1 aliphatic heterocycles. The minimum atomic E-state index is 0. The minimum Gasteiger partial charge on any atom is -0.496 e. The summed E-state index contributed by atoms with van der Waals surface area (Å²) < 4.78 is 6.22. The Balaban J connectivity index is 0.00000261. The van der Waals surface area contributed by atoms with E-state index in [4.69, 9.17) is 4.74 Å². The molecule has 0 radical (unpaired) electrons.